The quantitative estimate of drug-likeness (QED) is 0.656. The second-order valence-corrected chi connectivity index (χ2v) is 8.85. The molecule has 0 radical (unpaired) electrons. The highest BCUT2D eigenvalue weighted by molar-refractivity contribution is 6.10. The minimum Gasteiger partial charge on any atom is -0.493 e. The molecule has 2 fully saturated rings. The van der Waals surface area contributed by atoms with Crippen LogP contribution in [-0.2, 0) is 5.41 Å². The zero-order chi connectivity index (χ0) is 22.9. The summed E-state index contributed by atoms with van der Waals surface area (Å²) in [6.45, 7) is 0.589. The molecular formula is C26H24N2O5. The first-order valence-electron chi connectivity index (χ1n) is 11.0. The molecule has 1 saturated heterocycles. The fourth-order valence-electron chi connectivity index (χ4n) is 5.82. The van der Waals surface area contributed by atoms with Gasteiger partial charge < -0.3 is 24.1 Å². The Morgan fingerprint density at radius 1 is 1.09 bits per heavy atom. The minimum atomic E-state index is -0.228. The van der Waals surface area contributed by atoms with Crippen molar-refractivity contribution in [3.05, 3.63) is 65.0 Å². The van der Waals surface area contributed by atoms with E-state index in [0.29, 0.717) is 40.9 Å². The molecule has 1 aromatic heterocycles. The van der Waals surface area contributed by atoms with Crippen LogP contribution >= 0.6 is 0 Å². The van der Waals surface area contributed by atoms with Crippen molar-refractivity contribution in [2.24, 2.45) is 5.92 Å². The smallest absolute Gasteiger partial charge is 0.274 e. The van der Waals surface area contributed by atoms with Crippen LogP contribution in [0.1, 0.15) is 39.3 Å². The number of ketones is 1. The molecule has 3 aliphatic rings. The Kier molecular flexibility index (Phi) is 4.15. The molecule has 2 aliphatic carbocycles. The summed E-state index contributed by atoms with van der Waals surface area (Å²) in [6, 6.07) is 11.4. The van der Waals surface area contributed by atoms with Crippen LogP contribution in [0.25, 0.3) is 10.9 Å². The molecule has 1 amide bonds. The third-order valence-corrected chi connectivity index (χ3v) is 7.39. The molecule has 0 unspecified atom stereocenters. The lowest BCUT2D eigenvalue weighted by atomic mass is 9.77. The number of fused-ring (bicyclic) bond motifs is 2. The Bertz CT molecular complexity index is 1370. The van der Waals surface area contributed by atoms with E-state index in [9.17, 15) is 9.59 Å². The molecule has 0 bridgehead atoms. The largest absolute Gasteiger partial charge is 0.493 e. The molecule has 7 heteroatoms. The predicted octanol–water partition coefficient (Wildman–Crippen LogP) is 4.08. The Morgan fingerprint density at radius 3 is 2.64 bits per heavy atom. The van der Waals surface area contributed by atoms with E-state index >= 15 is 0 Å². The predicted molar refractivity (Wildman–Crippen MR) is 122 cm³/mol. The highest BCUT2D eigenvalue weighted by atomic mass is 16.5. The van der Waals surface area contributed by atoms with Gasteiger partial charge in [-0.05, 0) is 36.5 Å². The van der Waals surface area contributed by atoms with Crippen molar-refractivity contribution in [1.82, 2.24) is 9.88 Å². The number of benzene rings is 2. The number of hydrogen-bond acceptors (Lipinski definition) is 5. The number of nitrogens with zero attached hydrogens (tertiary/aromatic N) is 1. The van der Waals surface area contributed by atoms with E-state index in [1.165, 1.54) is 0 Å². The highest BCUT2D eigenvalue weighted by Crippen LogP contribution is 2.65. The van der Waals surface area contributed by atoms with Gasteiger partial charge in [0.25, 0.3) is 5.91 Å². The molecule has 3 aromatic rings. The number of aromatic amines is 1. The van der Waals surface area contributed by atoms with Gasteiger partial charge in [-0.25, -0.2) is 0 Å². The summed E-state index contributed by atoms with van der Waals surface area (Å²) >= 11 is 0. The summed E-state index contributed by atoms with van der Waals surface area (Å²) in [6.07, 6.45) is 3.56. The van der Waals surface area contributed by atoms with Crippen LogP contribution in [0.4, 0.5) is 0 Å². The molecule has 33 heavy (non-hydrogen) atoms. The summed E-state index contributed by atoms with van der Waals surface area (Å²) < 4.78 is 16.5. The van der Waals surface area contributed by atoms with Crippen LogP contribution in [0.3, 0.4) is 0 Å². The number of allylic oxidation sites excluding steroid dienone is 2. The number of piperidine rings is 1. The molecule has 2 heterocycles. The van der Waals surface area contributed by atoms with Crippen molar-refractivity contribution in [2.75, 3.05) is 27.9 Å². The van der Waals surface area contributed by atoms with Gasteiger partial charge in [0.1, 0.15) is 5.69 Å². The van der Waals surface area contributed by atoms with Crippen LogP contribution in [-0.4, -0.2) is 49.4 Å². The number of carbonyl (C=O) groups is 2. The second-order valence-electron chi connectivity index (χ2n) is 8.85. The summed E-state index contributed by atoms with van der Waals surface area (Å²) in [5.41, 5.74) is 3.51. The lowest BCUT2D eigenvalue weighted by molar-refractivity contribution is 0.0762. The fraction of sp³-hybridized carbons (Fsp3) is 0.308. The number of ether oxygens (including phenoxy) is 3. The Hall–Kier alpha value is -3.74. The van der Waals surface area contributed by atoms with Gasteiger partial charge in [-0.3, -0.25) is 9.59 Å². The zero-order valence-corrected chi connectivity index (χ0v) is 18.7. The van der Waals surface area contributed by atoms with Gasteiger partial charge in [0.05, 0.1) is 26.8 Å². The molecule has 1 saturated carbocycles. The number of rotatable bonds is 4. The lowest BCUT2D eigenvalue weighted by Gasteiger charge is -2.38. The van der Waals surface area contributed by atoms with Gasteiger partial charge in [-0.1, -0.05) is 24.3 Å². The molecule has 1 N–H and O–H groups in total. The molecule has 2 atom stereocenters. The van der Waals surface area contributed by atoms with Crippen LogP contribution in [0.2, 0.25) is 0 Å². The number of H-pyrrole nitrogens is 1. The molecule has 7 nitrogen and oxygen atoms in total. The minimum absolute atomic E-state index is 0.0376. The monoisotopic (exact) mass is 444 g/mol. The van der Waals surface area contributed by atoms with Gasteiger partial charge >= 0.3 is 0 Å². The van der Waals surface area contributed by atoms with Gasteiger partial charge in [-0.15, -0.1) is 0 Å². The topological polar surface area (TPSA) is 80.9 Å². The van der Waals surface area contributed by atoms with Crippen molar-refractivity contribution in [3.63, 3.8) is 0 Å². The highest BCUT2D eigenvalue weighted by Gasteiger charge is 2.64. The van der Waals surface area contributed by atoms with E-state index in [-0.39, 0.29) is 17.1 Å². The lowest BCUT2D eigenvalue weighted by Crippen LogP contribution is -2.43. The maximum absolute atomic E-state index is 13.8. The molecular weight excluding hydrogens is 420 g/mol. The van der Waals surface area contributed by atoms with Crippen molar-refractivity contribution in [1.29, 1.82) is 0 Å². The number of amides is 1. The Labute approximate surface area is 190 Å². The average molecular weight is 444 g/mol. The fourth-order valence-corrected chi connectivity index (χ4v) is 5.82. The van der Waals surface area contributed by atoms with Crippen LogP contribution in [0.15, 0.2) is 48.2 Å². The zero-order valence-electron chi connectivity index (χ0n) is 18.7. The van der Waals surface area contributed by atoms with Gasteiger partial charge in [0.15, 0.2) is 17.3 Å². The van der Waals surface area contributed by atoms with Gasteiger partial charge in [0, 0.05) is 34.7 Å². The standard InChI is InChI=1S/C26H24N2O5/c1-31-20-11-14-10-18(27-22(14)24(33-3)23(20)32-2)25(30)28-9-8-15-13-26(15)17-7-5-4-6-16(17)19(29)12-21(26)28/h4-7,10-12,15,27H,8-9,13H2,1-3H3/t15-,26+/m0/s1. The summed E-state index contributed by atoms with van der Waals surface area (Å²) in [4.78, 5) is 31.7. The SMILES string of the molecule is COc1cc2cc(C(=O)N3CC[C@H]4C[C@@]45C3=CC(=O)c3ccccc35)[nH]c2c(OC)c1OC. The van der Waals surface area contributed by atoms with E-state index in [4.69, 9.17) is 14.2 Å². The number of aromatic nitrogens is 1. The number of methoxy groups -OCH3 is 3. The van der Waals surface area contributed by atoms with Crippen molar-refractivity contribution in [2.45, 2.75) is 18.3 Å². The van der Waals surface area contributed by atoms with Crippen molar-refractivity contribution >= 4 is 22.6 Å². The molecule has 168 valence electrons. The van der Waals surface area contributed by atoms with E-state index in [0.717, 1.165) is 35.1 Å². The maximum Gasteiger partial charge on any atom is 0.274 e. The van der Waals surface area contributed by atoms with Crippen molar-refractivity contribution in [3.8, 4) is 17.2 Å². The maximum atomic E-state index is 13.8. The third-order valence-electron chi connectivity index (χ3n) is 7.39. The summed E-state index contributed by atoms with van der Waals surface area (Å²) in [7, 11) is 4.66. The van der Waals surface area contributed by atoms with Gasteiger partial charge in [0.2, 0.25) is 5.75 Å². The van der Waals surface area contributed by atoms with Crippen LogP contribution in [0.5, 0.6) is 17.2 Å². The van der Waals surface area contributed by atoms with Crippen molar-refractivity contribution < 1.29 is 23.8 Å². The Morgan fingerprint density at radius 2 is 1.88 bits per heavy atom. The summed E-state index contributed by atoms with van der Waals surface area (Å²) in [5.74, 6) is 1.74. The van der Waals surface area contributed by atoms with Crippen LogP contribution < -0.4 is 14.2 Å². The van der Waals surface area contributed by atoms with E-state index in [2.05, 4.69) is 4.98 Å². The summed E-state index contributed by atoms with van der Waals surface area (Å²) in [5, 5.41) is 0.780. The van der Waals surface area contributed by atoms with E-state index in [1.807, 2.05) is 30.3 Å². The van der Waals surface area contributed by atoms with Gasteiger partial charge in [-0.2, -0.15) is 0 Å². The molecule has 2 aromatic carbocycles. The van der Waals surface area contributed by atoms with Crippen LogP contribution in [0, 0.1) is 5.92 Å². The number of nitrogens with one attached hydrogen (secondary N) is 1. The molecule has 6 rings (SSSR count). The van der Waals surface area contributed by atoms with E-state index in [1.54, 1.807) is 38.4 Å². The average Bonchev–Trinajstić information content (AvgIpc) is 3.44. The first kappa shape index (κ1) is 19.9. The normalized spacial score (nSPS) is 22.8. The first-order chi connectivity index (χ1) is 16.0. The first-order valence-corrected chi connectivity index (χ1v) is 11.0. The second kappa shape index (κ2) is 6.88. The molecule has 1 spiro atoms. The molecule has 1 aliphatic heterocycles. The van der Waals surface area contributed by atoms with E-state index < -0.39 is 0 Å². The number of hydrogen-bond donors (Lipinski definition) is 1. The Balaban J connectivity index is 1.44. The number of carbonyl (C=O) groups excluding carboxylic acids is 2. The third kappa shape index (κ3) is 2.56. The number of likely N-dealkylation sites (tertiary alicyclic amines) is 1.